The Hall–Kier alpha value is -2.31. The van der Waals surface area contributed by atoms with E-state index in [2.05, 4.69) is 16.4 Å². The lowest BCUT2D eigenvalue weighted by molar-refractivity contribution is 0.102. The Bertz CT molecular complexity index is 885. The Kier molecular flexibility index (Phi) is 5.40. The molecule has 1 aromatic carbocycles. The van der Waals surface area contributed by atoms with Gasteiger partial charge >= 0.3 is 0 Å². The summed E-state index contributed by atoms with van der Waals surface area (Å²) in [7, 11) is 0. The van der Waals surface area contributed by atoms with Gasteiger partial charge in [-0.05, 0) is 66.2 Å². The highest BCUT2D eigenvalue weighted by atomic mass is 32.2. The van der Waals surface area contributed by atoms with Crippen molar-refractivity contribution >= 4 is 40.5 Å². The van der Waals surface area contributed by atoms with Gasteiger partial charge in [0.25, 0.3) is 5.91 Å². The molecule has 4 nitrogen and oxygen atoms in total. The number of benzene rings is 1. The highest BCUT2D eigenvalue weighted by molar-refractivity contribution is 7.98. The molecular weight excluding hydrogens is 350 g/mol. The SMILES string of the molecule is Cc1cc(C)cc(NC(=O)c2sccc2SCc2ccnc(N)c2)c1. The summed E-state index contributed by atoms with van der Waals surface area (Å²) in [4.78, 5) is 18.3. The topological polar surface area (TPSA) is 68.0 Å². The van der Waals surface area contributed by atoms with Crippen LogP contribution in [0.25, 0.3) is 0 Å². The standard InChI is InChI=1S/C19H19N3OS2/c1-12-7-13(2)9-15(8-12)22-19(23)18-16(4-6-24-18)25-11-14-3-5-21-17(20)10-14/h3-10H,11H2,1-2H3,(H2,20,21)(H,22,23). The van der Waals surface area contributed by atoms with Crippen molar-refractivity contribution in [2.75, 3.05) is 11.1 Å². The fourth-order valence-electron chi connectivity index (χ4n) is 2.56. The molecule has 0 aliphatic rings. The number of amides is 1. The molecule has 128 valence electrons. The normalized spacial score (nSPS) is 10.6. The quantitative estimate of drug-likeness (QED) is 0.629. The third-order valence-corrected chi connectivity index (χ3v) is 5.73. The first kappa shape index (κ1) is 17.5. The van der Waals surface area contributed by atoms with E-state index in [0.29, 0.717) is 5.82 Å². The van der Waals surface area contributed by atoms with Gasteiger partial charge in [0.15, 0.2) is 0 Å². The van der Waals surface area contributed by atoms with Crippen molar-refractivity contribution in [3.63, 3.8) is 0 Å². The zero-order valence-corrected chi connectivity index (χ0v) is 15.7. The van der Waals surface area contributed by atoms with Gasteiger partial charge in [-0.25, -0.2) is 4.98 Å². The number of hydrogen-bond acceptors (Lipinski definition) is 5. The molecule has 0 radical (unpaired) electrons. The van der Waals surface area contributed by atoms with Crippen LogP contribution in [-0.4, -0.2) is 10.9 Å². The number of thioether (sulfide) groups is 1. The number of carbonyl (C=O) groups is 1. The molecule has 0 spiro atoms. The highest BCUT2D eigenvalue weighted by Crippen LogP contribution is 2.31. The number of pyridine rings is 1. The number of thiophene rings is 1. The second kappa shape index (κ2) is 7.72. The lowest BCUT2D eigenvalue weighted by Gasteiger charge is -2.08. The zero-order chi connectivity index (χ0) is 17.8. The van der Waals surface area contributed by atoms with Gasteiger partial charge in [0.1, 0.15) is 10.7 Å². The molecule has 6 heteroatoms. The second-order valence-electron chi connectivity index (χ2n) is 5.82. The van der Waals surface area contributed by atoms with Crippen molar-refractivity contribution in [2.45, 2.75) is 24.5 Å². The van der Waals surface area contributed by atoms with Crippen LogP contribution in [0.3, 0.4) is 0 Å². The van der Waals surface area contributed by atoms with Gasteiger partial charge < -0.3 is 11.1 Å². The Morgan fingerprint density at radius 2 is 1.96 bits per heavy atom. The molecule has 0 aliphatic carbocycles. The third kappa shape index (κ3) is 4.61. The first-order valence-electron chi connectivity index (χ1n) is 7.81. The number of nitrogens with two attached hydrogens (primary N) is 1. The maximum absolute atomic E-state index is 12.6. The molecule has 0 saturated carbocycles. The predicted octanol–water partition coefficient (Wildman–Crippen LogP) is 4.89. The minimum atomic E-state index is -0.0725. The molecule has 0 unspecified atom stereocenters. The van der Waals surface area contributed by atoms with E-state index in [4.69, 9.17) is 5.73 Å². The number of aryl methyl sites for hydroxylation is 2. The Morgan fingerprint density at radius 3 is 2.68 bits per heavy atom. The zero-order valence-electron chi connectivity index (χ0n) is 14.1. The van der Waals surface area contributed by atoms with Crippen LogP contribution in [0.4, 0.5) is 11.5 Å². The molecule has 3 aromatic rings. The summed E-state index contributed by atoms with van der Waals surface area (Å²) in [5.74, 6) is 1.18. The minimum Gasteiger partial charge on any atom is -0.384 e. The van der Waals surface area contributed by atoms with Gasteiger partial charge in [0.05, 0.1) is 0 Å². The number of hydrogen-bond donors (Lipinski definition) is 2. The van der Waals surface area contributed by atoms with Crippen molar-refractivity contribution in [1.29, 1.82) is 0 Å². The van der Waals surface area contributed by atoms with Crippen molar-refractivity contribution in [2.24, 2.45) is 0 Å². The lowest BCUT2D eigenvalue weighted by Crippen LogP contribution is -2.11. The Morgan fingerprint density at radius 1 is 1.20 bits per heavy atom. The first-order chi connectivity index (χ1) is 12.0. The van der Waals surface area contributed by atoms with Gasteiger partial charge in [0.2, 0.25) is 0 Å². The summed E-state index contributed by atoms with van der Waals surface area (Å²) < 4.78 is 0. The number of carbonyl (C=O) groups excluding carboxylic acids is 1. The predicted molar refractivity (Wildman–Crippen MR) is 106 cm³/mol. The van der Waals surface area contributed by atoms with E-state index in [1.165, 1.54) is 11.3 Å². The van der Waals surface area contributed by atoms with Crippen LogP contribution in [0.1, 0.15) is 26.4 Å². The number of rotatable bonds is 5. The van der Waals surface area contributed by atoms with E-state index in [0.717, 1.165) is 37.9 Å². The summed E-state index contributed by atoms with van der Waals surface area (Å²) in [6, 6.07) is 11.8. The fourth-order valence-corrected chi connectivity index (χ4v) is 4.54. The van der Waals surface area contributed by atoms with Crippen LogP contribution in [0, 0.1) is 13.8 Å². The second-order valence-corrected chi connectivity index (χ2v) is 7.76. The van der Waals surface area contributed by atoms with Crippen molar-refractivity contribution in [3.8, 4) is 0 Å². The van der Waals surface area contributed by atoms with Crippen LogP contribution in [0.15, 0.2) is 52.9 Å². The van der Waals surface area contributed by atoms with Crippen molar-refractivity contribution in [3.05, 3.63) is 69.5 Å². The summed E-state index contributed by atoms with van der Waals surface area (Å²) in [6.07, 6.45) is 1.70. The fraction of sp³-hybridized carbons (Fsp3) is 0.158. The maximum Gasteiger partial charge on any atom is 0.266 e. The van der Waals surface area contributed by atoms with Crippen LogP contribution >= 0.6 is 23.1 Å². The molecule has 0 bridgehead atoms. The summed E-state index contributed by atoms with van der Waals surface area (Å²) in [5.41, 5.74) is 9.89. The largest absolute Gasteiger partial charge is 0.384 e. The molecule has 0 aliphatic heterocycles. The highest BCUT2D eigenvalue weighted by Gasteiger charge is 2.14. The van der Waals surface area contributed by atoms with Crippen molar-refractivity contribution < 1.29 is 4.79 Å². The molecule has 2 heterocycles. The van der Waals surface area contributed by atoms with E-state index in [1.807, 2.05) is 49.6 Å². The van der Waals surface area contributed by atoms with Crippen LogP contribution in [0.5, 0.6) is 0 Å². The first-order valence-corrected chi connectivity index (χ1v) is 9.68. The molecule has 3 N–H and O–H groups in total. The van der Waals surface area contributed by atoms with E-state index < -0.39 is 0 Å². The Balaban J connectivity index is 1.71. The molecule has 1 amide bonds. The van der Waals surface area contributed by atoms with Gasteiger partial charge in [-0.1, -0.05) is 6.07 Å². The minimum absolute atomic E-state index is 0.0725. The number of nitrogens with one attached hydrogen (secondary N) is 1. The molecular formula is C19H19N3OS2. The maximum atomic E-state index is 12.6. The Labute approximate surface area is 155 Å². The van der Waals surface area contributed by atoms with Gasteiger partial charge in [-0.3, -0.25) is 4.79 Å². The van der Waals surface area contributed by atoms with Gasteiger partial charge in [-0.2, -0.15) is 0 Å². The van der Waals surface area contributed by atoms with Gasteiger partial charge in [-0.15, -0.1) is 23.1 Å². The van der Waals surface area contributed by atoms with Crippen LogP contribution < -0.4 is 11.1 Å². The lowest BCUT2D eigenvalue weighted by atomic mass is 10.1. The molecule has 2 aromatic heterocycles. The van der Waals surface area contributed by atoms with E-state index >= 15 is 0 Å². The van der Waals surface area contributed by atoms with Crippen LogP contribution in [0.2, 0.25) is 0 Å². The van der Waals surface area contributed by atoms with E-state index in [1.54, 1.807) is 18.0 Å². The molecule has 3 rings (SSSR count). The van der Waals surface area contributed by atoms with Crippen molar-refractivity contribution in [1.82, 2.24) is 4.98 Å². The molecule has 0 atom stereocenters. The monoisotopic (exact) mass is 369 g/mol. The molecule has 0 saturated heterocycles. The van der Waals surface area contributed by atoms with E-state index in [-0.39, 0.29) is 5.91 Å². The molecule has 0 fully saturated rings. The number of anilines is 2. The average Bonchev–Trinajstić information content (AvgIpc) is 3.00. The number of nitrogen functional groups attached to an aromatic ring is 1. The summed E-state index contributed by atoms with van der Waals surface area (Å²) >= 11 is 3.08. The summed E-state index contributed by atoms with van der Waals surface area (Å²) in [6.45, 7) is 4.05. The number of nitrogens with zero attached hydrogens (tertiary/aromatic N) is 1. The van der Waals surface area contributed by atoms with Gasteiger partial charge in [0, 0.05) is 22.5 Å². The molecule has 25 heavy (non-hydrogen) atoms. The van der Waals surface area contributed by atoms with E-state index in [9.17, 15) is 4.79 Å². The van der Waals surface area contributed by atoms with Crippen LogP contribution in [-0.2, 0) is 5.75 Å². The average molecular weight is 370 g/mol. The number of aromatic nitrogens is 1. The smallest absolute Gasteiger partial charge is 0.266 e. The summed E-state index contributed by atoms with van der Waals surface area (Å²) in [5, 5.41) is 4.95. The third-order valence-electron chi connectivity index (χ3n) is 3.55.